The van der Waals surface area contributed by atoms with Gasteiger partial charge in [-0.3, -0.25) is 20.1 Å². The number of rotatable bonds is 6. The first-order valence-corrected chi connectivity index (χ1v) is 11.6. The summed E-state index contributed by atoms with van der Waals surface area (Å²) in [5, 5.41) is 20.4. The van der Waals surface area contributed by atoms with Crippen molar-refractivity contribution in [1.29, 1.82) is 0 Å². The molecule has 3 N–H and O–H groups in total. The Labute approximate surface area is 215 Å². The first kappa shape index (κ1) is 26.7. The van der Waals surface area contributed by atoms with Crippen LogP contribution in [-0.2, 0) is 17.4 Å². The maximum absolute atomic E-state index is 13.4. The number of halogens is 3. The van der Waals surface area contributed by atoms with E-state index >= 15 is 0 Å². The van der Waals surface area contributed by atoms with E-state index in [-0.39, 0.29) is 12.4 Å². The third-order valence-electron chi connectivity index (χ3n) is 6.03. The molecule has 1 atom stereocenters. The average Bonchev–Trinajstić information content (AvgIpc) is 3.43. The van der Waals surface area contributed by atoms with Gasteiger partial charge in [0.05, 0.1) is 23.0 Å². The number of H-pyrrole nitrogens is 1. The van der Waals surface area contributed by atoms with Crippen LogP contribution in [0.2, 0.25) is 0 Å². The molecule has 200 valence electrons. The van der Waals surface area contributed by atoms with Gasteiger partial charge in [-0.2, -0.15) is 18.3 Å². The second-order valence-corrected chi connectivity index (χ2v) is 9.83. The summed E-state index contributed by atoms with van der Waals surface area (Å²) in [5.74, 6) is -0.371. The van der Waals surface area contributed by atoms with E-state index in [1.807, 2.05) is 19.1 Å². The van der Waals surface area contributed by atoms with Gasteiger partial charge in [0, 0.05) is 22.9 Å². The number of aromatic amines is 1. The predicted molar refractivity (Wildman–Crippen MR) is 134 cm³/mol. The monoisotopic (exact) mass is 529 g/mol. The van der Waals surface area contributed by atoms with E-state index in [0.29, 0.717) is 16.9 Å². The maximum atomic E-state index is 13.4. The molecule has 2 heterocycles. The van der Waals surface area contributed by atoms with E-state index in [1.54, 1.807) is 26.8 Å². The number of amides is 2. The van der Waals surface area contributed by atoms with Crippen LogP contribution in [0.25, 0.3) is 22.2 Å². The van der Waals surface area contributed by atoms with Crippen molar-refractivity contribution in [2.45, 2.75) is 51.9 Å². The van der Waals surface area contributed by atoms with Gasteiger partial charge in [0.25, 0.3) is 5.91 Å². The number of anilines is 1. The molecule has 0 saturated heterocycles. The highest BCUT2D eigenvalue weighted by molar-refractivity contribution is 5.95. The van der Waals surface area contributed by atoms with Crippen molar-refractivity contribution in [3.63, 3.8) is 0 Å². The fraction of sp³-hybridized carbons (Fsp3) is 0.308. The molecule has 4 aromatic rings. The summed E-state index contributed by atoms with van der Waals surface area (Å²) in [6, 6.07) is 8.29. The summed E-state index contributed by atoms with van der Waals surface area (Å²) in [6.07, 6.45) is -4.62. The number of benzene rings is 2. The molecule has 0 aliphatic heterocycles. The molecule has 0 bridgehead atoms. The molecule has 0 unspecified atom stereocenters. The lowest BCUT2D eigenvalue weighted by molar-refractivity contribution is -0.137. The molecule has 9 nitrogen and oxygen atoms in total. The maximum Gasteiger partial charge on any atom is 0.416 e. The van der Waals surface area contributed by atoms with Crippen LogP contribution < -0.4 is 5.32 Å². The number of carbonyl (C=O) groups is 2. The van der Waals surface area contributed by atoms with Crippen LogP contribution in [0.4, 0.5) is 24.0 Å². The molecule has 38 heavy (non-hydrogen) atoms. The third-order valence-corrected chi connectivity index (χ3v) is 6.03. The molecule has 0 spiro atoms. The van der Waals surface area contributed by atoms with Gasteiger partial charge in [0.1, 0.15) is 6.04 Å². The van der Waals surface area contributed by atoms with Gasteiger partial charge in [-0.05, 0) is 63.6 Å². The highest BCUT2D eigenvalue weighted by Crippen LogP contribution is 2.30. The van der Waals surface area contributed by atoms with Gasteiger partial charge in [-0.15, -0.1) is 0 Å². The molecule has 2 aromatic carbocycles. The number of nitrogens with one attached hydrogen (secondary N) is 2. The summed E-state index contributed by atoms with van der Waals surface area (Å²) >= 11 is 0. The molecule has 4 rings (SSSR count). The number of alkyl halides is 3. The Morgan fingerprint density at radius 2 is 1.82 bits per heavy atom. The van der Waals surface area contributed by atoms with Gasteiger partial charge >= 0.3 is 18.3 Å². The highest BCUT2D eigenvalue weighted by atomic mass is 19.4. The van der Waals surface area contributed by atoms with Gasteiger partial charge in [0.2, 0.25) is 0 Å². The number of nitrogens with zero attached hydrogens (tertiary/aromatic N) is 3. The van der Waals surface area contributed by atoms with Crippen LogP contribution in [0, 0.1) is 6.92 Å². The van der Waals surface area contributed by atoms with Crippen LogP contribution in [0.3, 0.4) is 0 Å². The van der Waals surface area contributed by atoms with Crippen molar-refractivity contribution in [1.82, 2.24) is 20.1 Å². The topological polar surface area (TPSA) is 124 Å². The van der Waals surface area contributed by atoms with Crippen LogP contribution in [0.5, 0.6) is 0 Å². The molecule has 0 radical (unpaired) electrons. The zero-order chi connectivity index (χ0) is 27.8. The average molecular weight is 530 g/mol. The summed E-state index contributed by atoms with van der Waals surface area (Å²) in [4.78, 5) is 30.6. The zero-order valence-electron chi connectivity index (χ0n) is 21.1. The molecule has 0 aliphatic rings. The quantitative estimate of drug-likeness (QED) is 0.287. The minimum absolute atomic E-state index is 0.148. The number of carbonyl (C=O) groups excluding carboxylic acids is 1. The van der Waals surface area contributed by atoms with E-state index < -0.39 is 35.3 Å². The molecular formula is C26H26F3N5O4. The van der Waals surface area contributed by atoms with Gasteiger partial charge in [-0.25, -0.2) is 9.78 Å². The largest absolute Gasteiger partial charge is 0.465 e. The Kier molecular flexibility index (Phi) is 6.92. The lowest BCUT2D eigenvalue weighted by Crippen LogP contribution is -2.56. The van der Waals surface area contributed by atoms with Crippen molar-refractivity contribution in [2.24, 2.45) is 0 Å². The van der Waals surface area contributed by atoms with Crippen molar-refractivity contribution in [3.8, 4) is 11.3 Å². The van der Waals surface area contributed by atoms with E-state index in [1.165, 1.54) is 18.3 Å². The fourth-order valence-corrected chi connectivity index (χ4v) is 4.19. The molecule has 2 aromatic heterocycles. The van der Waals surface area contributed by atoms with Crippen LogP contribution in [0.15, 0.2) is 53.1 Å². The number of fused-ring (bicyclic) bond motifs is 1. The second kappa shape index (κ2) is 9.84. The third kappa shape index (κ3) is 5.63. The number of hydrogen-bond donors (Lipinski definition) is 3. The van der Waals surface area contributed by atoms with Gasteiger partial charge < -0.3 is 9.52 Å². The minimum Gasteiger partial charge on any atom is -0.465 e. The smallest absolute Gasteiger partial charge is 0.416 e. The first-order chi connectivity index (χ1) is 17.7. The Bertz CT molecular complexity index is 1470. The molecule has 2 amide bonds. The number of aryl methyl sites for hydroxylation is 1. The first-order valence-electron chi connectivity index (χ1n) is 11.6. The Morgan fingerprint density at radius 1 is 1.13 bits per heavy atom. The van der Waals surface area contributed by atoms with Gasteiger partial charge in [-0.1, -0.05) is 12.1 Å². The number of hydrogen-bond acceptors (Lipinski definition) is 5. The van der Waals surface area contributed by atoms with Crippen molar-refractivity contribution in [3.05, 3.63) is 65.5 Å². The fourth-order valence-electron chi connectivity index (χ4n) is 4.19. The van der Waals surface area contributed by atoms with Crippen molar-refractivity contribution >= 4 is 28.9 Å². The van der Waals surface area contributed by atoms with E-state index in [4.69, 9.17) is 4.42 Å². The minimum atomic E-state index is -4.52. The summed E-state index contributed by atoms with van der Waals surface area (Å²) in [7, 11) is 0. The predicted octanol–water partition coefficient (Wildman–Crippen LogP) is 5.87. The molecule has 0 saturated carbocycles. The summed E-state index contributed by atoms with van der Waals surface area (Å²) < 4.78 is 44.6. The van der Waals surface area contributed by atoms with Crippen LogP contribution in [-0.4, -0.2) is 48.8 Å². The summed E-state index contributed by atoms with van der Waals surface area (Å²) in [6.45, 7) is 6.71. The van der Waals surface area contributed by atoms with Crippen molar-refractivity contribution < 1.29 is 32.3 Å². The van der Waals surface area contributed by atoms with Crippen molar-refractivity contribution in [2.75, 3.05) is 5.32 Å². The SMILES string of the molecule is Cc1n[nH]c2ccc(-c3cnc(NC(=O)[C@H](Cc4ccc(C(F)(F)F)cc4)N(C(=O)O)C(C)(C)C)o3)cc12. The Balaban J connectivity index is 1.60. The normalized spacial score (nSPS) is 12.9. The Morgan fingerprint density at radius 3 is 2.42 bits per heavy atom. The number of carboxylic acid groups (broad SMARTS) is 1. The highest BCUT2D eigenvalue weighted by Gasteiger charge is 2.38. The molecule has 0 fully saturated rings. The van der Waals surface area contributed by atoms with Crippen LogP contribution in [0.1, 0.15) is 37.6 Å². The number of aromatic nitrogens is 3. The Hall–Kier alpha value is -4.35. The van der Waals surface area contributed by atoms with Gasteiger partial charge in [0.15, 0.2) is 5.76 Å². The van der Waals surface area contributed by atoms with E-state index in [2.05, 4.69) is 20.5 Å². The number of oxazole rings is 1. The molecular weight excluding hydrogens is 503 g/mol. The summed E-state index contributed by atoms with van der Waals surface area (Å²) in [5.41, 5.74) is 0.852. The lowest BCUT2D eigenvalue weighted by atomic mass is 9.97. The van der Waals surface area contributed by atoms with E-state index in [0.717, 1.165) is 33.6 Å². The lowest BCUT2D eigenvalue weighted by Gasteiger charge is -2.38. The van der Waals surface area contributed by atoms with E-state index in [9.17, 15) is 27.9 Å². The van der Waals surface area contributed by atoms with Crippen LogP contribution >= 0.6 is 0 Å². The zero-order valence-corrected chi connectivity index (χ0v) is 21.1. The standard InChI is InChI=1S/C26H26F3N5O4/c1-14-18-12-16(7-10-19(18)33-32-14)21-13-30-23(38-21)31-22(35)20(34(24(36)37)25(2,3)4)11-15-5-8-17(9-6-15)26(27,28)29/h5-10,12-13,20H,11H2,1-4H3,(H,32,33)(H,36,37)(H,30,31,35)/t20-/m0/s1. The molecule has 0 aliphatic carbocycles. The second-order valence-electron chi connectivity index (χ2n) is 9.83. The molecule has 12 heteroatoms.